The topological polar surface area (TPSA) is 12.0 Å². The largest absolute Gasteiger partial charge is 0.310 e. The molecule has 0 aliphatic rings. The van der Waals surface area contributed by atoms with E-state index in [1.807, 2.05) is 12.1 Å². The Morgan fingerprint density at radius 1 is 1.41 bits per heavy atom. The molecule has 94 valence electrons. The maximum atomic E-state index is 6.18. The first-order chi connectivity index (χ1) is 8.10. The summed E-state index contributed by atoms with van der Waals surface area (Å²) < 4.78 is 0. The highest BCUT2D eigenvalue weighted by molar-refractivity contribution is 6.31. The normalized spacial score (nSPS) is 12.5. The SMILES string of the molecule is C=C(CC)CC(NCC)c1cccc(Cl)c1C. The second kappa shape index (κ2) is 6.83. The van der Waals surface area contributed by atoms with Crippen molar-refractivity contribution in [1.82, 2.24) is 5.32 Å². The van der Waals surface area contributed by atoms with Gasteiger partial charge in [-0.3, -0.25) is 0 Å². The molecule has 0 amide bonds. The van der Waals surface area contributed by atoms with Crippen LogP contribution >= 0.6 is 11.6 Å². The molecule has 0 heterocycles. The van der Waals surface area contributed by atoms with Crippen LogP contribution in [0.3, 0.4) is 0 Å². The van der Waals surface area contributed by atoms with Crippen molar-refractivity contribution >= 4 is 11.6 Å². The molecular formula is C15H22ClN. The van der Waals surface area contributed by atoms with E-state index in [-0.39, 0.29) is 0 Å². The van der Waals surface area contributed by atoms with Crippen molar-refractivity contribution in [2.24, 2.45) is 0 Å². The maximum Gasteiger partial charge on any atom is 0.0438 e. The lowest BCUT2D eigenvalue weighted by molar-refractivity contribution is 0.540. The van der Waals surface area contributed by atoms with Crippen LogP contribution in [0, 0.1) is 6.92 Å². The molecule has 0 aliphatic carbocycles. The molecule has 0 fully saturated rings. The summed E-state index contributed by atoms with van der Waals surface area (Å²) in [5, 5.41) is 4.35. The molecular weight excluding hydrogens is 230 g/mol. The van der Waals surface area contributed by atoms with E-state index in [4.69, 9.17) is 11.6 Å². The third-order valence-electron chi connectivity index (χ3n) is 3.13. The van der Waals surface area contributed by atoms with E-state index < -0.39 is 0 Å². The van der Waals surface area contributed by atoms with E-state index in [0.717, 1.165) is 24.4 Å². The Kier molecular flexibility index (Phi) is 5.73. The molecule has 2 heteroatoms. The molecule has 1 atom stereocenters. The Morgan fingerprint density at radius 3 is 2.71 bits per heavy atom. The summed E-state index contributed by atoms with van der Waals surface area (Å²) >= 11 is 6.18. The third kappa shape index (κ3) is 3.86. The standard InChI is InChI=1S/C15H22ClN/c1-5-11(3)10-15(17-6-2)13-8-7-9-14(16)12(13)4/h7-9,15,17H,3,5-6,10H2,1-2,4H3. The van der Waals surface area contributed by atoms with Gasteiger partial charge in [0.05, 0.1) is 0 Å². The van der Waals surface area contributed by atoms with Crippen LogP contribution in [0.4, 0.5) is 0 Å². The van der Waals surface area contributed by atoms with Gasteiger partial charge in [0.25, 0.3) is 0 Å². The van der Waals surface area contributed by atoms with Gasteiger partial charge >= 0.3 is 0 Å². The Hall–Kier alpha value is -0.790. The van der Waals surface area contributed by atoms with Gasteiger partial charge in [0.1, 0.15) is 0 Å². The molecule has 0 aromatic heterocycles. The average Bonchev–Trinajstić information content (AvgIpc) is 2.32. The summed E-state index contributed by atoms with van der Waals surface area (Å²) in [6.45, 7) is 11.4. The van der Waals surface area contributed by atoms with E-state index >= 15 is 0 Å². The van der Waals surface area contributed by atoms with Gasteiger partial charge in [0.15, 0.2) is 0 Å². The number of rotatable bonds is 6. The number of nitrogens with one attached hydrogen (secondary N) is 1. The van der Waals surface area contributed by atoms with Crippen LogP contribution in [-0.4, -0.2) is 6.54 Å². The zero-order valence-electron chi connectivity index (χ0n) is 11.0. The second-order valence-corrected chi connectivity index (χ2v) is 4.78. The zero-order chi connectivity index (χ0) is 12.8. The summed E-state index contributed by atoms with van der Waals surface area (Å²) in [4.78, 5) is 0. The predicted octanol–water partition coefficient (Wildman–Crippen LogP) is 4.66. The second-order valence-electron chi connectivity index (χ2n) is 4.37. The molecule has 0 saturated heterocycles. The highest BCUT2D eigenvalue weighted by Crippen LogP contribution is 2.28. The van der Waals surface area contributed by atoms with Gasteiger partial charge in [-0.25, -0.2) is 0 Å². The van der Waals surface area contributed by atoms with Crippen LogP contribution in [0.1, 0.15) is 43.9 Å². The fourth-order valence-corrected chi connectivity index (χ4v) is 2.15. The quantitative estimate of drug-likeness (QED) is 0.726. The van der Waals surface area contributed by atoms with Crippen molar-refractivity contribution in [2.75, 3.05) is 6.54 Å². The van der Waals surface area contributed by atoms with Gasteiger partial charge in [-0.15, -0.1) is 0 Å². The third-order valence-corrected chi connectivity index (χ3v) is 3.54. The summed E-state index contributed by atoms with van der Waals surface area (Å²) in [7, 11) is 0. The zero-order valence-corrected chi connectivity index (χ0v) is 11.8. The number of halogens is 1. The van der Waals surface area contributed by atoms with Gasteiger partial charge in [0, 0.05) is 11.1 Å². The highest BCUT2D eigenvalue weighted by Gasteiger charge is 2.14. The van der Waals surface area contributed by atoms with Gasteiger partial charge < -0.3 is 5.32 Å². The Labute approximate surface area is 110 Å². The summed E-state index contributed by atoms with van der Waals surface area (Å²) in [5.74, 6) is 0. The fourth-order valence-electron chi connectivity index (χ4n) is 1.97. The predicted molar refractivity (Wildman–Crippen MR) is 76.7 cm³/mol. The summed E-state index contributed by atoms with van der Waals surface area (Å²) in [5.41, 5.74) is 3.73. The smallest absolute Gasteiger partial charge is 0.0438 e. The van der Waals surface area contributed by atoms with Crippen molar-refractivity contribution in [3.05, 3.63) is 46.5 Å². The Balaban J connectivity index is 2.96. The molecule has 0 saturated carbocycles. The van der Waals surface area contributed by atoms with Crippen LogP contribution in [0.5, 0.6) is 0 Å². The van der Waals surface area contributed by atoms with Gasteiger partial charge in [-0.1, -0.05) is 49.7 Å². The summed E-state index contributed by atoms with van der Waals surface area (Å²) in [6.07, 6.45) is 2.01. The van der Waals surface area contributed by atoms with Crippen molar-refractivity contribution in [1.29, 1.82) is 0 Å². The minimum absolute atomic E-state index is 0.325. The first-order valence-electron chi connectivity index (χ1n) is 6.25. The molecule has 1 aromatic carbocycles. The number of hydrogen-bond donors (Lipinski definition) is 1. The molecule has 1 nitrogen and oxygen atoms in total. The van der Waals surface area contributed by atoms with Crippen molar-refractivity contribution in [2.45, 2.75) is 39.7 Å². The van der Waals surface area contributed by atoms with Crippen LogP contribution in [-0.2, 0) is 0 Å². The van der Waals surface area contributed by atoms with Crippen LogP contribution < -0.4 is 5.32 Å². The molecule has 1 rings (SSSR count). The minimum Gasteiger partial charge on any atom is -0.310 e. The van der Waals surface area contributed by atoms with Gasteiger partial charge in [-0.05, 0) is 43.5 Å². The summed E-state index contributed by atoms with van der Waals surface area (Å²) in [6, 6.07) is 6.44. The monoisotopic (exact) mass is 251 g/mol. The van der Waals surface area contributed by atoms with E-state index in [1.165, 1.54) is 16.7 Å². The molecule has 0 spiro atoms. The minimum atomic E-state index is 0.325. The Morgan fingerprint density at radius 2 is 2.12 bits per heavy atom. The molecule has 1 aromatic rings. The van der Waals surface area contributed by atoms with Gasteiger partial charge in [-0.2, -0.15) is 0 Å². The average molecular weight is 252 g/mol. The van der Waals surface area contributed by atoms with Crippen molar-refractivity contribution < 1.29 is 0 Å². The molecule has 0 bridgehead atoms. The van der Waals surface area contributed by atoms with Crippen molar-refractivity contribution in [3.8, 4) is 0 Å². The fraction of sp³-hybridized carbons (Fsp3) is 0.467. The van der Waals surface area contributed by atoms with E-state index in [2.05, 4.69) is 38.7 Å². The number of hydrogen-bond acceptors (Lipinski definition) is 1. The molecule has 0 aliphatic heterocycles. The first-order valence-corrected chi connectivity index (χ1v) is 6.62. The first kappa shape index (κ1) is 14.3. The van der Waals surface area contributed by atoms with Crippen molar-refractivity contribution in [3.63, 3.8) is 0 Å². The lowest BCUT2D eigenvalue weighted by Gasteiger charge is -2.21. The highest BCUT2D eigenvalue weighted by atomic mass is 35.5. The van der Waals surface area contributed by atoms with E-state index in [1.54, 1.807) is 0 Å². The van der Waals surface area contributed by atoms with Crippen LogP contribution in [0.25, 0.3) is 0 Å². The van der Waals surface area contributed by atoms with E-state index in [0.29, 0.717) is 6.04 Å². The lowest BCUT2D eigenvalue weighted by Crippen LogP contribution is -2.22. The molecule has 1 unspecified atom stereocenters. The number of benzene rings is 1. The lowest BCUT2D eigenvalue weighted by atomic mass is 9.95. The van der Waals surface area contributed by atoms with Crippen LogP contribution in [0.2, 0.25) is 5.02 Å². The van der Waals surface area contributed by atoms with E-state index in [9.17, 15) is 0 Å². The molecule has 17 heavy (non-hydrogen) atoms. The maximum absolute atomic E-state index is 6.18. The molecule has 1 N–H and O–H groups in total. The van der Waals surface area contributed by atoms with Crippen LogP contribution in [0.15, 0.2) is 30.4 Å². The Bertz CT molecular complexity index is 385. The molecule has 0 radical (unpaired) electrons. The van der Waals surface area contributed by atoms with Gasteiger partial charge in [0.2, 0.25) is 0 Å².